The Morgan fingerprint density at radius 1 is 1.07 bits per heavy atom. The molecule has 0 aromatic heterocycles. The fourth-order valence-corrected chi connectivity index (χ4v) is 4.34. The predicted molar refractivity (Wildman–Crippen MR) is 103 cm³/mol. The first-order valence-electron chi connectivity index (χ1n) is 8.77. The normalized spacial score (nSPS) is 13.6. The Morgan fingerprint density at radius 2 is 1.67 bits per heavy atom. The summed E-state index contributed by atoms with van der Waals surface area (Å²) in [4.78, 5) is 12.0. The van der Waals surface area contributed by atoms with Gasteiger partial charge in [-0.25, -0.2) is 13.2 Å². The maximum absolute atomic E-state index is 12.3. The van der Waals surface area contributed by atoms with E-state index in [4.69, 9.17) is 4.74 Å². The Morgan fingerprint density at radius 3 is 2.30 bits per heavy atom. The summed E-state index contributed by atoms with van der Waals surface area (Å²) in [6.45, 7) is 1.91. The molecule has 7 heteroatoms. The minimum atomic E-state index is -3.40. The minimum Gasteiger partial charge on any atom is -0.445 e. The topological polar surface area (TPSA) is 92.7 Å². The second-order valence-electron chi connectivity index (χ2n) is 6.53. The van der Waals surface area contributed by atoms with Crippen LogP contribution >= 0.6 is 0 Å². The SMILES string of the molecule is C[C@@H](C[C@@H](O)CNC(=O)OCc1ccccc1)CS(=O)(=O)c1ccccc1. The van der Waals surface area contributed by atoms with Gasteiger partial charge in [0.15, 0.2) is 9.84 Å². The lowest BCUT2D eigenvalue weighted by atomic mass is 10.1. The molecule has 2 N–H and O–H groups in total. The number of hydrogen-bond acceptors (Lipinski definition) is 5. The Balaban J connectivity index is 1.71. The average molecular weight is 391 g/mol. The highest BCUT2D eigenvalue weighted by Crippen LogP contribution is 2.16. The van der Waals surface area contributed by atoms with E-state index >= 15 is 0 Å². The first-order chi connectivity index (χ1) is 12.9. The molecule has 146 valence electrons. The van der Waals surface area contributed by atoms with Crippen molar-refractivity contribution in [3.63, 3.8) is 0 Å². The predicted octanol–water partition coefficient (Wildman–Crippen LogP) is 2.77. The Kier molecular flexibility index (Phi) is 7.82. The van der Waals surface area contributed by atoms with Crippen LogP contribution in [0.15, 0.2) is 65.6 Å². The molecule has 1 amide bonds. The molecule has 0 aliphatic heterocycles. The van der Waals surface area contributed by atoms with Crippen LogP contribution in [-0.2, 0) is 21.2 Å². The molecule has 0 saturated heterocycles. The van der Waals surface area contributed by atoms with Crippen molar-refractivity contribution in [2.24, 2.45) is 5.92 Å². The number of sulfone groups is 1. The fraction of sp³-hybridized carbons (Fsp3) is 0.350. The minimum absolute atomic E-state index is 0.00332. The fourth-order valence-electron chi connectivity index (χ4n) is 2.69. The molecule has 0 heterocycles. The van der Waals surface area contributed by atoms with Gasteiger partial charge in [-0.05, 0) is 30.0 Å². The average Bonchev–Trinajstić information content (AvgIpc) is 2.65. The van der Waals surface area contributed by atoms with E-state index < -0.39 is 22.0 Å². The molecule has 0 spiro atoms. The lowest BCUT2D eigenvalue weighted by Gasteiger charge is -2.17. The smallest absolute Gasteiger partial charge is 0.407 e. The second kappa shape index (κ2) is 10.1. The van der Waals surface area contributed by atoms with Gasteiger partial charge in [0.05, 0.1) is 16.8 Å². The van der Waals surface area contributed by atoms with E-state index in [0.717, 1.165) is 5.56 Å². The molecule has 2 aromatic carbocycles. The third kappa shape index (κ3) is 7.40. The van der Waals surface area contributed by atoms with Crippen molar-refractivity contribution >= 4 is 15.9 Å². The maximum atomic E-state index is 12.3. The van der Waals surface area contributed by atoms with E-state index in [1.165, 1.54) is 0 Å². The standard InChI is InChI=1S/C20H25NO5S/c1-16(15-27(24,25)19-10-6-3-7-11-19)12-18(22)13-21-20(23)26-14-17-8-4-2-5-9-17/h2-11,16,18,22H,12-15H2,1H3,(H,21,23)/t16-,18+/m0/s1. The highest BCUT2D eigenvalue weighted by atomic mass is 32.2. The zero-order valence-corrected chi connectivity index (χ0v) is 16.1. The van der Waals surface area contributed by atoms with Gasteiger partial charge in [0.1, 0.15) is 6.61 Å². The lowest BCUT2D eigenvalue weighted by Crippen LogP contribution is -2.34. The van der Waals surface area contributed by atoms with Gasteiger partial charge in [0.25, 0.3) is 0 Å². The molecule has 0 saturated carbocycles. The largest absolute Gasteiger partial charge is 0.445 e. The van der Waals surface area contributed by atoms with Crippen LogP contribution in [0.1, 0.15) is 18.9 Å². The van der Waals surface area contributed by atoms with Crippen molar-refractivity contribution in [1.82, 2.24) is 5.32 Å². The maximum Gasteiger partial charge on any atom is 0.407 e. The van der Waals surface area contributed by atoms with Crippen LogP contribution in [-0.4, -0.2) is 38.0 Å². The first-order valence-corrected chi connectivity index (χ1v) is 10.4. The number of ether oxygens (including phenoxy) is 1. The van der Waals surface area contributed by atoms with E-state index in [1.54, 1.807) is 37.3 Å². The number of nitrogens with one attached hydrogen (secondary N) is 1. The summed E-state index contributed by atoms with van der Waals surface area (Å²) in [7, 11) is -3.40. The van der Waals surface area contributed by atoms with Gasteiger partial charge in [-0.3, -0.25) is 0 Å². The first kappa shape index (κ1) is 20.9. The van der Waals surface area contributed by atoms with E-state index in [9.17, 15) is 18.3 Å². The van der Waals surface area contributed by atoms with Gasteiger partial charge in [-0.15, -0.1) is 0 Å². The number of carbonyl (C=O) groups excluding carboxylic acids is 1. The summed E-state index contributed by atoms with van der Waals surface area (Å²) in [5.74, 6) is -0.320. The van der Waals surface area contributed by atoms with Crippen LogP contribution in [0.4, 0.5) is 4.79 Å². The van der Waals surface area contributed by atoms with Crippen LogP contribution in [0.25, 0.3) is 0 Å². The number of amides is 1. The number of benzene rings is 2. The highest BCUT2D eigenvalue weighted by Gasteiger charge is 2.20. The summed E-state index contributed by atoms with van der Waals surface area (Å²) >= 11 is 0. The lowest BCUT2D eigenvalue weighted by molar-refractivity contribution is 0.118. The van der Waals surface area contributed by atoms with Crippen molar-refractivity contribution in [3.05, 3.63) is 66.2 Å². The molecule has 0 bridgehead atoms. The second-order valence-corrected chi connectivity index (χ2v) is 8.57. The molecule has 2 aromatic rings. The zero-order chi connectivity index (χ0) is 19.7. The quantitative estimate of drug-likeness (QED) is 0.686. The van der Waals surface area contributed by atoms with Crippen LogP contribution in [0.3, 0.4) is 0 Å². The monoisotopic (exact) mass is 391 g/mol. The molecule has 6 nitrogen and oxygen atoms in total. The Hall–Kier alpha value is -2.38. The number of carbonyl (C=O) groups is 1. The van der Waals surface area contributed by atoms with Crippen LogP contribution in [0, 0.1) is 5.92 Å². The summed E-state index contributed by atoms with van der Waals surface area (Å²) < 4.78 is 29.7. The van der Waals surface area contributed by atoms with Gasteiger partial charge in [0, 0.05) is 6.54 Å². The van der Waals surface area contributed by atoms with E-state index in [1.807, 2.05) is 30.3 Å². The van der Waals surface area contributed by atoms with Gasteiger partial charge in [0.2, 0.25) is 0 Å². The molecule has 27 heavy (non-hydrogen) atoms. The van der Waals surface area contributed by atoms with Gasteiger partial charge >= 0.3 is 6.09 Å². The molecule has 0 aliphatic carbocycles. The summed E-state index contributed by atoms with van der Waals surface area (Å²) in [6, 6.07) is 17.5. The van der Waals surface area contributed by atoms with E-state index in [2.05, 4.69) is 5.32 Å². The summed E-state index contributed by atoms with van der Waals surface area (Å²) in [6.07, 6.45) is -1.22. The van der Waals surface area contributed by atoms with E-state index in [-0.39, 0.29) is 36.1 Å². The van der Waals surface area contributed by atoms with Gasteiger partial charge in [-0.1, -0.05) is 55.5 Å². The molecule has 0 fully saturated rings. The van der Waals surface area contributed by atoms with Gasteiger partial charge < -0.3 is 15.2 Å². The van der Waals surface area contributed by atoms with Crippen molar-refractivity contribution in [2.75, 3.05) is 12.3 Å². The molecule has 2 rings (SSSR count). The van der Waals surface area contributed by atoms with Crippen LogP contribution < -0.4 is 5.32 Å². The van der Waals surface area contributed by atoms with Crippen molar-refractivity contribution in [2.45, 2.75) is 31.0 Å². The molecule has 0 unspecified atom stereocenters. The summed E-state index contributed by atoms with van der Waals surface area (Å²) in [5, 5.41) is 12.5. The van der Waals surface area contributed by atoms with Crippen molar-refractivity contribution in [1.29, 1.82) is 0 Å². The van der Waals surface area contributed by atoms with Crippen molar-refractivity contribution in [3.8, 4) is 0 Å². The number of rotatable bonds is 9. The highest BCUT2D eigenvalue weighted by molar-refractivity contribution is 7.91. The number of aliphatic hydroxyl groups excluding tert-OH is 1. The third-order valence-corrected chi connectivity index (χ3v) is 5.97. The molecule has 0 radical (unpaired) electrons. The number of hydrogen-bond donors (Lipinski definition) is 2. The molecule has 2 atom stereocenters. The van der Waals surface area contributed by atoms with E-state index in [0.29, 0.717) is 0 Å². The summed E-state index contributed by atoms with van der Waals surface area (Å²) in [5.41, 5.74) is 0.868. The molecular weight excluding hydrogens is 366 g/mol. The number of aliphatic hydroxyl groups is 1. The molecular formula is C20H25NO5S. The third-order valence-electron chi connectivity index (χ3n) is 3.98. The van der Waals surface area contributed by atoms with Gasteiger partial charge in [-0.2, -0.15) is 0 Å². The van der Waals surface area contributed by atoms with Crippen molar-refractivity contribution < 1.29 is 23.1 Å². The Bertz CT molecular complexity index is 809. The number of alkyl carbamates (subject to hydrolysis) is 1. The van der Waals surface area contributed by atoms with Crippen LogP contribution in [0.2, 0.25) is 0 Å². The molecule has 0 aliphatic rings. The Labute approximate surface area is 160 Å². The zero-order valence-electron chi connectivity index (χ0n) is 15.2. The van der Waals surface area contributed by atoms with Crippen LogP contribution in [0.5, 0.6) is 0 Å².